The van der Waals surface area contributed by atoms with E-state index in [-0.39, 0.29) is 11.9 Å². The van der Waals surface area contributed by atoms with Gasteiger partial charge in [-0.3, -0.25) is 0 Å². The summed E-state index contributed by atoms with van der Waals surface area (Å²) in [5, 5.41) is 0. The topological polar surface area (TPSA) is 65.2 Å². The number of hydrogen-bond donors (Lipinski definition) is 1. The number of anilines is 1. The third kappa shape index (κ3) is 2.26. The fraction of sp³-hybridized carbons (Fsp3) is 0.455. The molecule has 0 bridgehead atoms. The first-order chi connectivity index (χ1) is 7.18. The van der Waals surface area contributed by atoms with Gasteiger partial charge in [0.1, 0.15) is 5.82 Å². The van der Waals surface area contributed by atoms with Crippen LogP contribution in [-0.2, 0) is 4.74 Å². The SMILES string of the molecule is CC.CC1COC(=O)c2ccc(N)nc21. The van der Waals surface area contributed by atoms with Crippen molar-refractivity contribution in [3.05, 3.63) is 23.4 Å². The molecule has 0 radical (unpaired) electrons. The van der Waals surface area contributed by atoms with Crippen molar-refractivity contribution in [1.82, 2.24) is 4.98 Å². The highest BCUT2D eigenvalue weighted by atomic mass is 16.5. The molecular formula is C11H16N2O2. The Hall–Kier alpha value is -1.58. The van der Waals surface area contributed by atoms with Gasteiger partial charge < -0.3 is 10.5 Å². The van der Waals surface area contributed by atoms with Crippen LogP contribution in [0.3, 0.4) is 0 Å². The van der Waals surface area contributed by atoms with Crippen LogP contribution < -0.4 is 5.73 Å². The molecule has 0 saturated heterocycles. The van der Waals surface area contributed by atoms with Crippen molar-refractivity contribution in [2.24, 2.45) is 0 Å². The van der Waals surface area contributed by atoms with Gasteiger partial charge in [-0.15, -0.1) is 0 Å². The van der Waals surface area contributed by atoms with Crippen LogP contribution in [-0.4, -0.2) is 17.6 Å². The predicted octanol–water partition coefficient (Wildman–Crippen LogP) is 1.96. The minimum Gasteiger partial charge on any atom is -0.461 e. The Morgan fingerprint density at radius 1 is 1.47 bits per heavy atom. The van der Waals surface area contributed by atoms with E-state index in [2.05, 4.69) is 4.98 Å². The summed E-state index contributed by atoms with van der Waals surface area (Å²) < 4.78 is 4.94. The number of carbonyl (C=O) groups is 1. The van der Waals surface area contributed by atoms with Gasteiger partial charge in [0.25, 0.3) is 0 Å². The van der Waals surface area contributed by atoms with Crippen LogP contribution in [0.2, 0.25) is 0 Å². The molecule has 2 N–H and O–H groups in total. The monoisotopic (exact) mass is 208 g/mol. The summed E-state index contributed by atoms with van der Waals surface area (Å²) in [7, 11) is 0. The van der Waals surface area contributed by atoms with Gasteiger partial charge in [-0.25, -0.2) is 9.78 Å². The van der Waals surface area contributed by atoms with E-state index in [0.717, 1.165) is 5.69 Å². The van der Waals surface area contributed by atoms with Crippen LogP contribution in [0.25, 0.3) is 0 Å². The van der Waals surface area contributed by atoms with E-state index >= 15 is 0 Å². The lowest BCUT2D eigenvalue weighted by atomic mass is 10.0. The predicted molar refractivity (Wildman–Crippen MR) is 58.7 cm³/mol. The molecule has 4 nitrogen and oxygen atoms in total. The van der Waals surface area contributed by atoms with Crippen LogP contribution in [0.15, 0.2) is 12.1 Å². The minimum atomic E-state index is -0.305. The quantitative estimate of drug-likeness (QED) is 0.662. The van der Waals surface area contributed by atoms with Gasteiger partial charge in [0.05, 0.1) is 17.9 Å². The van der Waals surface area contributed by atoms with Crippen molar-refractivity contribution in [2.75, 3.05) is 12.3 Å². The zero-order valence-corrected chi connectivity index (χ0v) is 9.28. The van der Waals surface area contributed by atoms with E-state index < -0.39 is 0 Å². The molecule has 1 atom stereocenters. The second kappa shape index (κ2) is 4.77. The van der Waals surface area contributed by atoms with E-state index in [1.807, 2.05) is 20.8 Å². The molecule has 4 heteroatoms. The van der Waals surface area contributed by atoms with Crippen molar-refractivity contribution in [2.45, 2.75) is 26.7 Å². The molecule has 1 aromatic heterocycles. The van der Waals surface area contributed by atoms with Gasteiger partial charge in [-0.2, -0.15) is 0 Å². The summed E-state index contributed by atoms with van der Waals surface area (Å²) in [6.45, 7) is 6.35. The maximum atomic E-state index is 11.2. The Bertz CT molecular complexity index is 364. The fourth-order valence-corrected chi connectivity index (χ4v) is 1.40. The Balaban J connectivity index is 0.000000531. The lowest BCUT2D eigenvalue weighted by Crippen LogP contribution is -2.22. The molecule has 2 rings (SSSR count). The summed E-state index contributed by atoms with van der Waals surface area (Å²) >= 11 is 0. The zero-order valence-electron chi connectivity index (χ0n) is 9.28. The maximum Gasteiger partial charge on any atom is 0.340 e. The molecule has 0 amide bonds. The highest BCUT2D eigenvalue weighted by Crippen LogP contribution is 2.24. The molecular weight excluding hydrogens is 192 g/mol. The van der Waals surface area contributed by atoms with Crippen LogP contribution in [0.1, 0.15) is 42.7 Å². The highest BCUT2D eigenvalue weighted by molar-refractivity contribution is 5.92. The van der Waals surface area contributed by atoms with E-state index in [0.29, 0.717) is 18.0 Å². The number of esters is 1. The second-order valence-corrected chi connectivity index (χ2v) is 3.17. The lowest BCUT2D eigenvalue weighted by Gasteiger charge is -2.20. The number of aromatic nitrogens is 1. The highest BCUT2D eigenvalue weighted by Gasteiger charge is 2.25. The van der Waals surface area contributed by atoms with Crippen molar-refractivity contribution < 1.29 is 9.53 Å². The van der Waals surface area contributed by atoms with E-state index in [1.54, 1.807) is 12.1 Å². The van der Waals surface area contributed by atoms with E-state index in [9.17, 15) is 4.79 Å². The smallest absolute Gasteiger partial charge is 0.340 e. The Labute approximate surface area is 89.5 Å². The number of ether oxygens (including phenoxy) is 1. The summed E-state index contributed by atoms with van der Waals surface area (Å²) in [5.74, 6) is 0.275. The molecule has 15 heavy (non-hydrogen) atoms. The third-order valence-corrected chi connectivity index (χ3v) is 2.10. The molecule has 0 spiro atoms. The Kier molecular flexibility index (Phi) is 3.66. The zero-order chi connectivity index (χ0) is 11.4. The molecule has 0 fully saturated rings. The van der Waals surface area contributed by atoms with Crippen molar-refractivity contribution >= 4 is 11.8 Å². The first-order valence-corrected chi connectivity index (χ1v) is 5.12. The van der Waals surface area contributed by atoms with Gasteiger partial charge >= 0.3 is 5.97 Å². The third-order valence-electron chi connectivity index (χ3n) is 2.10. The number of pyridine rings is 1. The molecule has 82 valence electrons. The first-order valence-electron chi connectivity index (χ1n) is 5.12. The Morgan fingerprint density at radius 2 is 2.13 bits per heavy atom. The molecule has 1 unspecified atom stereocenters. The maximum absolute atomic E-state index is 11.2. The molecule has 1 aliphatic heterocycles. The van der Waals surface area contributed by atoms with Gasteiger partial charge in [-0.05, 0) is 12.1 Å². The molecule has 0 aliphatic carbocycles. The number of nitrogen functional groups attached to an aromatic ring is 1. The number of fused-ring (bicyclic) bond motifs is 1. The largest absolute Gasteiger partial charge is 0.461 e. The number of nitrogens with two attached hydrogens (primary N) is 1. The summed E-state index contributed by atoms with van der Waals surface area (Å²) in [5.41, 5.74) is 6.81. The summed E-state index contributed by atoms with van der Waals surface area (Å²) in [4.78, 5) is 15.4. The normalized spacial score (nSPS) is 18.3. The van der Waals surface area contributed by atoms with Crippen molar-refractivity contribution in [3.8, 4) is 0 Å². The molecule has 2 heterocycles. The van der Waals surface area contributed by atoms with E-state index in [1.165, 1.54) is 0 Å². The van der Waals surface area contributed by atoms with Gasteiger partial charge in [0.2, 0.25) is 0 Å². The molecule has 1 aliphatic rings. The summed E-state index contributed by atoms with van der Waals surface area (Å²) in [6.07, 6.45) is 0. The van der Waals surface area contributed by atoms with Crippen molar-refractivity contribution in [1.29, 1.82) is 0 Å². The van der Waals surface area contributed by atoms with Crippen LogP contribution in [0, 0.1) is 0 Å². The van der Waals surface area contributed by atoms with E-state index in [4.69, 9.17) is 10.5 Å². The average Bonchev–Trinajstić information content (AvgIpc) is 2.27. The van der Waals surface area contributed by atoms with Gasteiger partial charge in [-0.1, -0.05) is 20.8 Å². The molecule has 1 aromatic rings. The average molecular weight is 208 g/mol. The number of cyclic esters (lactones) is 1. The summed E-state index contributed by atoms with van der Waals surface area (Å²) in [6, 6.07) is 3.27. The lowest BCUT2D eigenvalue weighted by molar-refractivity contribution is 0.0445. The van der Waals surface area contributed by atoms with Crippen LogP contribution in [0.5, 0.6) is 0 Å². The molecule has 0 aromatic carbocycles. The van der Waals surface area contributed by atoms with Crippen LogP contribution in [0.4, 0.5) is 5.82 Å². The van der Waals surface area contributed by atoms with Gasteiger partial charge in [0, 0.05) is 5.92 Å². The standard InChI is InChI=1S/C9H10N2O2.C2H6/c1-5-4-13-9(12)6-2-3-7(10)11-8(5)6;1-2/h2-3,5H,4H2,1H3,(H2,10,11);1-2H3. The second-order valence-electron chi connectivity index (χ2n) is 3.17. The van der Waals surface area contributed by atoms with Crippen LogP contribution >= 0.6 is 0 Å². The van der Waals surface area contributed by atoms with Crippen molar-refractivity contribution in [3.63, 3.8) is 0 Å². The number of hydrogen-bond acceptors (Lipinski definition) is 4. The Morgan fingerprint density at radius 3 is 2.80 bits per heavy atom. The number of carbonyl (C=O) groups excluding carboxylic acids is 1. The fourth-order valence-electron chi connectivity index (χ4n) is 1.40. The van der Waals surface area contributed by atoms with Gasteiger partial charge in [0.15, 0.2) is 0 Å². The minimum absolute atomic E-state index is 0.135. The number of nitrogens with zero attached hydrogens (tertiary/aromatic N) is 1. The molecule has 0 saturated carbocycles. The first kappa shape index (κ1) is 11.5. The number of rotatable bonds is 0.